The van der Waals surface area contributed by atoms with Crippen LogP contribution in [-0.2, 0) is 14.8 Å². The van der Waals surface area contributed by atoms with Gasteiger partial charge in [-0.15, -0.1) is 0 Å². The third-order valence-electron chi connectivity index (χ3n) is 3.00. The van der Waals surface area contributed by atoms with Gasteiger partial charge >= 0.3 is 5.97 Å². The highest BCUT2D eigenvalue weighted by Crippen LogP contribution is 2.26. The summed E-state index contributed by atoms with van der Waals surface area (Å²) in [5, 5.41) is 9.17. The Balaban J connectivity index is 3.22. The zero-order valence-electron chi connectivity index (χ0n) is 12.1. The lowest BCUT2D eigenvalue weighted by atomic mass is 10.1. The number of carboxylic acid groups (broad SMARTS) is 1. The summed E-state index contributed by atoms with van der Waals surface area (Å²) in [6, 6.07) is 2.49. The number of aromatic carboxylic acids is 1. The number of carboxylic acids is 1. The lowest BCUT2D eigenvalue weighted by Gasteiger charge is -2.19. The molecule has 0 fully saturated rings. The number of ether oxygens (including phenoxy) is 1. The molecule has 6 nitrogen and oxygen atoms in total. The monoisotopic (exact) mass is 335 g/mol. The first kappa shape index (κ1) is 17.9. The zero-order valence-corrected chi connectivity index (χ0v) is 13.7. The van der Waals surface area contributed by atoms with Crippen molar-refractivity contribution >= 4 is 27.6 Å². The molecule has 0 amide bonds. The second-order valence-electron chi connectivity index (χ2n) is 4.41. The molecule has 0 aliphatic heterocycles. The second-order valence-corrected chi connectivity index (χ2v) is 6.85. The van der Waals surface area contributed by atoms with Gasteiger partial charge in [0, 0.05) is 25.2 Å². The van der Waals surface area contributed by atoms with E-state index < -0.39 is 16.0 Å². The fourth-order valence-corrected chi connectivity index (χ4v) is 3.48. The molecule has 0 atom stereocenters. The minimum atomic E-state index is -3.82. The van der Waals surface area contributed by atoms with Gasteiger partial charge in [-0.2, -0.15) is 4.31 Å². The molecule has 0 bridgehead atoms. The number of rotatable bonds is 7. The Kier molecular flexibility index (Phi) is 6.15. The van der Waals surface area contributed by atoms with E-state index in [0.717, 1.165) is 4.31 Å². The highest BCUT2D eigenvalue weighted by Gasteiger charge is 2.26. The summed E-state index contributed by atoms with van der Waals surface area (Å²) in [7, 11) is -2.41. The number of halogens is 1. The van der Waals surface area contributed by atoms with E-state index >= 15 is 0 Å². The van der Waals surface area contributed by atoms with Crippen molar-refractivity contribution in [2.45, 2.75) is 18.7 Å². The van der Waals surface area contributed by atoms with E-state index in [0.29, 0.717) is 6.61 Å². The summed E-state index contributed by atoms with van der Waals surface area (Å²) in [6.07, 6.45) is 0. The quantitative estimate of drug-likeness (QED) is 0.770. The molecular formula is C13H18ClNO5S. The molecule has 1 aromatic carbocycles. The number of hydrogen-bond donors (Lipinski definition) is 1. The van der Waals surface area contributed by atoms with Crippen LogP contribution in [0.5, 0.6) is 0 Å². The maximum atomic E-state index is 12.5. The van der Waals surface area contributed by atoms with E-state index in [1.165, 1.54) is 26.1 Å². The van der Waals surface area contributed by atoms with E-state index in [9.17, 15) is 13.2 Å². The average molecular weight is 336 g/mol. The molecular weight excluding hydrogens is 318 g/mol. The van der Waals surface area contributed by atoms with Crippen LogP contribution in [0.1, 0.15) is 22.8 Å². The minimum Gasteiger partial charge on any atom is -0.478 e. The molecule has 0 aromatic heterocycles. The molecule has 118 valence electrons. The van der Waals surface area contributed by atoms with E-state index in [2.05, 4.69) is 0 Å². The molecule has 1 N–H and O–H groups in total. The molecule has 0 saturated heterocycles. The summed E-state index contributed by atoms with van der Waals surface area (Å²) in [6.45, 7) is 4.19. The van der Waals surface area contributed by atoms with Gasteiger partial charge in [-0.05, 0) is 31.5 Å². The third-order valence-corrected chi connectivity index (χ3v) is 5.20. The van der Waals surface area contributed by atoms with Crippen LogP contribution in [0.4, 0.5) is 0 Å². The fraction of sp³-hybridized carbons (Fsp3) is 0.462. The van der Waals surface area contributed by atoms with Gasteiger partial charge in [0.15, 0.2) is 0 Å². The number of carbonyl (C=O) groups is 1. The maximum Gasteiger partial charge on any atom is 0.336 e. The topological polar surface area (TPSA) is 83.9 Å². The molecule has 0 aliphatic rings. The van der Waals surface area contributed by atoms with Crippen molar-refractivity contribution < 1.29 is 23.1 Å². The largest absolute Gasteiger partial charge is 0.478 e. The SMILES string of the molecule is CCOCCN(C)S(=O)(=O)c1cc(Cl)cc(C(=O)O)c1C. The zero-order chi connectivity index (χ0) is 16.2. The van der Waals surface area contributed by atoms with E-state index in [1.807, 2.05) is 6.92 Å². The third kappa shape index (κ3) is 4.16. The molecule has 0 heterocycles. The van der Waals surface area contributed by atoms with Crippen LogP contribution in [-0.4, -0.2) is 50.6 Å². The maximum absolute atomic E-state index is 12.5. The molecule has 1 rings (SSSR count). The Morgan fingerprint density at radius 3 is 2.57 bits per heavy atom. The van der Waals surface area contributed by atoms with Gasteiger partial charge < -0.3 is 9.84 Å². The van der Waals surface area contributed by atoms with Gasteiger partial charge in [0.05, 0.1) is 17.1 Å². The van der Waals surface area contributed by atoms with Crippen LogP contribution in [0.15, 0.2) is 17.0 Å². The van der Waals surface area contributed by atoms with Crippen LogP contribution < -0.4 is 0 Å². The summed E-state index contributed by atoms with van der Waals surface area (Å²) in [4.78, 5) is 11.0. The van der Waals surface area contributed by atoms with Crippen molar-refractivity contribution in [3.8, 4) is 0 Å². The normalized spacial score (nSPS) is 11.9. The Morgan fingerprint density at radius 2 is 2.05 bits per heavy atom. The fourth-order valence-electron chi connectivity index (χ4n) is 1.77. The molecule has 0 radical (unpaired) electrons. The van der Waals surface area contributed by atoms with E-state index in [-0.39, 0.29) is 34.2 Å². The van der Waals surface area contributed by atoms with Crippen LogP contribution in [0.3, 0.4) is 0 Å². The Labute approximate surface area is 129 Å². The lowest BCUT2D eigenvalue weighted by molar-refractivity contribution is 0.0695. The van der Waals surface area contributed by atoms with Crippen LogP contribution in [0.25, 0.3) is 0 Å². The summed E-state index contributed by atoms with van der Waals surface area (Å²) in [5.41, 5.74) is 0.0365. The van der Waals surface area contributed by atoms with E-state index in [4.69, 9.17) is 21.4 Å². The molecule has 0 saturated carbocycles. The number of sulfonamides is 1. The van der Waals surface area contributed by atoms with Gasteiger partial charge in [-0.3, -0.25) is 0 Å². The van der Waals surface area contributed by atoms with Gasteiger partial charge in [0.2, 0.25) is 10.0 Å². The Morgan fingerprint density at radius 1 is 1.43 bits per heavy atom. The lowest BCUT2D eigenvalue weighted by Crippen LogP contribution is -2.31. The van der Waals surface area contributed by atoms with Crippen molar-refractivity contribution in [1.29, 1.82) is 0 Å². The van der Waals surface area contributed by atoms with Crippen molar-refractivity contribution in [2.75, 3.05) is 26.8 Å². The average Bonchev–Trinajstić information content (AvgIpc) is 2.40. The van der Waals surface area contributed by atoms with Gasteiger partial charge in [-0.1, -0.05) is 11.6 Å². The minimum absolute atomic E-state index is 0.0646. The van der Waals surface area contributed by atoms with Crippen molar-refractivity contribution in [3.05, 3.63) is 28.3 Å². The Hall–Kier alpha value is -1.15. The van der Waals surface area contributed by atoms with E-state index in [1.54, 1.807) is 0 Å². The molecule has 0 aliphatic carbocycles. The molecule has 1 aromatic rings. The van der Waals surface area contributed by atoms with Crippen molar-refractivity contribution in [3.63, 3.8) is 0 Å². The van der Waals surface area contributed by atoms with Gasteiger partial charge in [0.25, 0.3) is 0 Å². The summed E-state index contributed by atoms with van der Waals surface area (Å²) in [5.74, 6) is -1.22. The molecule has 8 heteroatoms. The smallest absolute Gasteiger partial charge is 0.336 e. The summed E-state index contributed by atoms with van der Waals surface area (Å²) >= 11 is 5.83. The van der Waals surface area contributed by atoms with Crippen LogP contribution in [0.2, 0.25) is 5.02 Å². The number of hydrogen-bond acceptors (Lipinski definition) is 4. The van der Waals surface area contributed by atoms with Crippen molar-refractivity contribution in [2.24, 2.45) is 0 Å². The Bertz CT molecular complexity index is 630. The summed E-state index contributed by atoms with van der Waals surface area (Å²) < 4.78 is 31.2. The molecule has 0 spiro atoms. The van der Waals surface area contributed by atoms with Crippen LogP contribution >= 0.6 is 11.6 Å². The number of likely N-dealkylation sites (N-methyl/N-ethyl adjacent to an activating group) is 1. The highest BCUT2D eigenvalue weighted by atomic mass is 35.5. The first-order valence-corrected chi connectivity index (χ1v) is 8.11. The number of nitrogens with zero attached hydrogens (tertiary/aromatic N) is 1. The molecule has 21 heavy (non-hydrogen) atoms. The predicted molar refractivity (Wildman–Crippen MR) is 79.5 cm³/mol. The first-order chi connectivity index (χ1) is 9.71. The highest BCUT2D eigenvalue weighted by molar-refractivity contribution is 7.89. The van der Waals surface area contributed by atoms with Gasteiger partial charge in [0.1, 0.15) is 0 Å². The van der Waals surface area contributed by atoms with Gasteiger partial charge in [-0.25, -0.2) is 13.2 Å². The van der Waals surface area contributed by atoms with Crippen LogP contribution in [0, 0.1) is 6.92 Å². The van der Waals surface area contributed by atoms with Crippen molar-refractivity contribution in [1.82, 2.24) is 4.31 Å². The first-order valence-electron chi connectivity index (χ1n) is 6.29. The predicted octanol–water partition coefficient (Wildman–Crippen LogP) is 2.00. The second kappa shape index (κ2) is 7.22. The molecule has 0 unspecified atom stereocenters. The standard InChI is InChI=1S/C13H18ClNO5S/c1-4-20-6-5-15(3)21(18,19)12-8-10(14)7-11(9(12)2)13(16)17/h7-8H,4-6H2,1-3H3,(H,16,17). The number of benzene rings is 1.